The molecule has 0 aromatic heterocycles. The third-order valence-corrected chi connectivity index (χ3v) is 3.82. The number of anilines is 2. The number of nitrogen functional groups attached to an aromatic ring is 1. The van der Waals surface area contributed by atoms with Gasteiger partial charge in [-0.2, -0.15) is 0 Å². The van der Waals surface area contributed by atoms with E-state index < -0.39 is 10.8 Å². The smallest absolute Gasteiger partial charge is 0.237 e. The average molecular weight is 284 g/mol. The number of nitrogens with one attached hydrogen (secondary N) is 1. The predicted octanol–water partition coefficient (Wildman–Crippen LogP) is 1.30. The van der Waals surface area contributed by atoms with Crippen molar-refractivity contribution >= 4 is 28.1 Å². The van der Waals surface area contributed by atoms with Gasteiger partial charge in [0.05, 0.1) is 11.4 Å². The molecule has 0 aliphatic carbocycles. The summed E-state index contributed by atoms with van der Waals surface area (Å²) in [4.78, 5) is 11.7. The minimum absolute atomic E-state index is 0.0168. The van der Waals surface area contributed by atoms with Crippen molar-refractivity contribution < 1.29 is 13.7 Å². The van der Waals surface area contributed by atoms with Crippen molar-refractivity contribution in [2.24, 2.45) is 0 Å². The van der Waals surface area contributed by atoms with Crippen molar-refractivity contribution in [2.45, 2.75) is 13.3 Å². The molecule has 1 atom stereocenters. The second kappa shape index (κ2) is 7.91. The van der Waals surface area contributed by atoms with Crippen LogP contribution in [0.4, 0.5) is 11.4 Å². The van der Waals surface area contributed by atoms with Gasteiger partial charge in [-0.05, 0) is 31.0 Å². The normalized spacial score (nSPS) is 12.1. The number of carbonyl (C=O) groups is 1. The first-order valence-electron chi connectivity index (χ1n) is 6.03. The predicted molar refractivity (Wildman–Crippen MR) is 78.6 cm³/mol. The van der Waals surface area contributed by atoms with E-state index in [2.05, 4.69) is 5.32 Å². The Hall–Kier alpha value is -1.40. The van der Waals surface area contributed by atoms with Gasteiger partial charge < -0.3 is 15.8 Å². The summed E-state index contributed by atoms with van der Waals surface area (Å²) in [6.07, 6.45) is 0.684. The molecule has 106 valence electrons. The minimum atomic E-state index is -1.17. The van der Waals surface area contributed by atoms with Crippen LogP contribution in [0.2, 0.25) is 0 Å². The Labute approximate surface area is 116 Å². The van der Waals surface area contributed by atoms with Crippen LogP contribution < -0.4 is 11.1 Å². The molecule has 0 bridgehead atoms. The van der Waals surface area contributed by atoms with E-state index in [0.29, 0.717) is 30.2 Å². The van der Waals surface area contributed by atoms with Crippen LogP contribution in [-0.2, 0) is 20.3 Å². The summed E-state index contributed by atoms with van der Waals surface area (Å²) in [7, 11) is 0.424. The third kappa shape index (κ3) is 5.85. The minimum Gasteiger partial charge on any atom is -0.397 e. The number of nitrogens with two attached hydrogens (primary N) is 1. The lowest BCUT2D eigenvalue weighted by Crippen LogP contribution is -2.21. The lowest BCUT2D eigenvalue weighted by atomic mass is 10.2. The van der Waals surface area contributed by atoms with E-state index in [4.69, 9.17) is 10.5 Å². The van der Waals surface area contributed by atoms with Gasteiger partial charge in [-0.1, -0.05) is 6.07 Å². The number of methoxy groups -OCH3 is 1. The van der Waals surface area contributed by atoms with E-state index in [1.54, 1.807) is 19.2 Å². The van der Waals surface area contributed by atoms with Crippen LogP contribution in [0.1, 0.15) is 12.0 Å². The van der Waals surface area contributed by atoms with Crippen LogP contribution in [0, 0.1) is 6.92 Å². The summed E-state index contributed by atoms with van der Waals surface area (Å²) >= 11 is 0. The molecular weight excluding hydrogens is 264 g/mol. The van der Waals surface area contributed by atoms with Crippen molar-refractivity contribution in [2.75, 3.05) is 36.3 Å². The van der Waals surface area contributed by atoms with Crippen molar-refractivity contribution in [3.8, 4) is 0 Å². The second-order valence-corrected chi connectivity index (χ2v) is 5.85. The number of hydrogen-bond donors (Lipinski definition) is 2. The molecule has 1 amide bonds. The lowest BCUT2D eigenvalue weighted by Gasteiger charge is -2.08. The Morgan fingerprint density at radius 3 is 2.84 bits per heavy atom. The summed E-state index contributed by atoms with van der Waals surface area (Å²) in [5, 5.41) is 2.67. The van der Waals surface area contributed by atoms with Gasteiger partial charge in [0.2, 0.25) is 5.91 Å². The zero-order valence-electron chi connectivity index (χ0n) is 11.3. The zero-order valence-corrected chi connectivity index (χ0v) is 12.1. The summed E-state index contributed by atoms with van der Waals surface area (Å²) in [5.41, 5.74) is 7.89. The molecule has 3 N–H and O–H groups in total. The largest absolute Gasteiger partial charge is 0.397 e. The Morgan fingerprint density at radius 2 is 2.21 bits per heavy atom. The highest BCUT2D eigenvalue weighted by Gasteiger charge is 2.09. The molecule has 0 fully saturated rings. The monoisotopic (exact) mass is 284 g/mol. The maximum absolute atomic E-state index is 11.7. The Bertz CT molecular complexity index is 463. The molecule has 1 aromatic rings. The second-order valence-electron chi connectivity index (χ2n) is 4.27. The van der Waals surface area contributed by atoms with E-state index in [1.807, 2.05) is 13.0 Å². The number of ether oxygens (including phenoxy) is 1. The summed E-state index contributed by atoms with van der Waals surface area (Å²) in [6, 6.07) is 5.39. The number of benzene rings is 1. The van der Waals surface area contributed by atoms with Crippen LogP contribution in [0.5, 0.6) is 0 Å². The maximum atomic E-state index is 11.7. The van der Waals surface area contributed by atoms with Gasteiger partial charge in [-0.3, -0.25) is 9.00 Å². The Morgan fingerprint density at radius 1 is 1.47 bits per heavy atom. The van der Waals surface area contributed by atoms with Gasteiger partial charge in [0.15, 0.2) is 0 Å². The number of amides is 1. The fourth-order valence-corrected chi connectivity index (χ4v) is 2.51. The van der Waals surface area contributed by atoms with Crippen LogP contribution >= 0.6 is 0 Å². The molecule has 1 unspecified atom stereocenters. The molecule has 1 aromatic carbocycles. The van der Waals surface area contributed by atoms with Gasteiger partial charge >= 0.3 is 0 Å². The average Bonchev–Trinajstić information content (AvgIpc) is 2.33. The van der Waals surface area contributed by atoms with E-state index in [9.17, 15) is 9.00 Å². The maximum Gasteiger partial charge on any atom is 0.237 e. The highest BCUT2D eigenvalue weighted by atomic mass is 32.2. The molecule has 1 rings (SSSR count). The number of carbonyl (C=O) groups excluding carboxylic acids is 1. The molecule has 0 radical (unpaired) electrons. The SMILES string of the molecule is COCCCS(=O)CC(=O)Nc1ccc(C)cc1N. The van der Waals surface area contributed by atoms with Crippen molar-refractivity contribution in [3.05, 3.63) is 23.8 Å². The highest BCUT2D eigenvalue weighted by Crippen LogP contribution is 2.19. The molecular formula is C13H20N2O3S. The van der Waals surface area contributed by atoms with Crippen LogP contribution in [0.3, 0.4) is 0 Å². The van der Waals surface area contributed by atoms with Crippen LogP contribution in [0.25, 0.3) is 0 Å². The molecule has 0 heterocycles. The fraction of sp³-hybridized carbons (Fsp3) is 0.462. The van der Waals surface area contributed by atoms with E-state index in [0.717, 1.165) is 5.56 Å². The molecule has 0 spiro atoms. The molecule has 5 nitrogen and oxygen atoms in total. The van der Waals surface area contributed by atoms with Gasteiger partial charge in [0.1, 0.15) is 5.75 Å². The third-order valence-electron chi connectivity index (χ3n) is 2.49. The lowest BCUT2D eigenvalue weighted by molar-refractivity contribution is -0.113. The van der Waals surface area contributed by atoms with E-state index in [-0.39, 0.29) is 11.7 Å². The zero-order chi connectivity index (χ0) is 14.3. The van der Waals surface area contributed by atoms with Gasteiger partial charge in [-0.25, -0.2) is 0 Å². The van der Waals surface area contributed by atoms with Crippen LogP contribution in [-0.4, -0.2) is 35.3 Å². The Balaban J connectivity index is 2.44. The quantitative estimate of drug-likeness (QED) is 0.584. The topological polar surface area (TPSA) is 81.4 Å². The van der Waals surface area contributed by atoms with Crippen molar-refractivity contribution in [1.29, 1.82) is 0 Å². The fourth-order valence-electron chi connectivity index (χ4n) is 1.56. The first kappa shape index (κ1) is 15.7. The molecule has 0 aliphatic heterocycles. The Kier molecular flexibility index (Phi) is 6.52. The molecule has 0 saturated heterocycles. The summed E-state index contributed by atoms with van der Waals surface area (Å²) in [6.45, 7) is 2.48. The van der Waals surface area contributed by atoms with E-state index in [1.165, 1.54) is 0 Å². The number of hydrogen-bond acceptors (Lipinski definition) is 4. The van der Waals surface area contributed by atoms with Gasteiger partial charge in [0.25, 0.3) is 0 Å². The molecule has 0 aliphatic rings. The standard InChI is InChI=1S/C13H20N2O3S/c1-10-4-5-12(11(14)8-10)15-13(16)9-19(17)7-3-6-18-2/h4-5,8H,3,6-7,9,14H2,1-2H3,(H,15,16). The molecule has 0 saturated carbocycles. The first-order chi connectivity index (χ1) is 9.02. The molecule has 19 heavy (non-hydrogen) atoms. The number of aryl methyl sites for hydroxylation is 1. The van der Waals surface area contributed by atoms with Crippen molar-refractivity contribution in [1.82, 2.24) is 0 Å². The van der Waals surface area contributed by atoms with Crippen molar-refractivity contribution in [3.63, 3.8) is 0 Å². The summed E-state index contributed by atoms with van der Waals surface area (Å²) < 4.78 is 16.5. The summed E-state index contributed by atoms with van der Waals surface area (Å²) in [5.74, 6) is 0.160. The van der Waals surface area contributed by atoms with E-state index >= 15 is 0 Å². The molecule has 6 heteroatoms. The van der Waals surface area contributed by atoms with Gasteiger partial charge in [-0.15, -0.1) is 0 Å². The highest BCUT2D eigenvalue weighted by molar-refractivity contribution is 7.85. The van der Waals surface area contributed by atoms with Crippen LogP contribution in [0.15, 0.2) is 18.2 Å². The van der Waals surface area contributed by atoms with Gasteiger partial charge in [0, 0.05) is 30.3 Å². The first-order valence-corrected chi connectivity index (χ1v) is 7.51. The number of rotatable bonds is 7.